The summed E-state index contributed by atoms with van der Waals surface area (Å²) in [6.45, 7) is 0. The molecule has 0 spiro atoms. The summed E-state index contributed by atoms with van der Waals surface area (Å²) in [6, 6.07) is 5.23. The summed E-state index contributed by atoms with van der Waals surface area (Å²) in [6.07, 6.45) is 10.7. The molecule has 0 saturated carbocycles. The molecule has 142 valence electrons. The number of nitrogen functional groups attached to an aromatic ring is 1. The van der Waals surface area contributed by atoms with Crippen molar-refractivity contribution in [1.29, 1.82) is 0 Å². The fourth-order valence-electron chi connectivity index (χ4n) is 2.98. The molecule has 5 N–H and O–H groups in total. The van der Waals surface area contributed by atoms with Gasteiger partial charge in [-0.1, -0.05) is 0 Å². The minimum absolute atomic E-state index is 0.255. The van der Waals surface area contributed by atoms with Gasteiger partial charge in [0.1, 0.15) is 6.20 Å². The maximum absolute atomic E-state index is 12.6. The van der Waals surface area contributed by atoms with E-state index in [1.807, 2.05) is 34.6 Å². The number of anilines is 2. The first-order valence-electron chi connectivity index (χ1n) is 8.68. The van der Waals surface area contributed by atoms with Crippen LogP contribution in [0.5, 0.6) is 0 Å². The Morgan fingerprint density at radius 1 is 1.17 bits per heavy atom. The topological polar surface area (TPSA) is 129 Å². The van der Waals surface area contributed by atoms with Crippen molar-refractivity contribution < 1.29 is 9.31 Å². The van der Waals surface area contributed by atoms with E-state index in [1.54, 1.807) is 30.7 Å². The van der Waals surface area contributed by atoms with Crippen LogP contribution in [0.2, 0.25) is 0 Å². The van der Waals surface area contributed by atoms with Gasteiger partial charge < -0.3 is 11.1 Å². The second-order valence-electron chi connectivity index (χ2n) is 6.31. The molecule has 0 bridgehead atoms. The number of nitrogens with one attached hydrogen (secondary N) is 3. The van der Waals surface area contributed by atoms with Crippen LogP contribution in [0.3, 0.4) is 0 Å². The van der Waals surface area contributed by atoms with Gasteiger partial charge in [0.15, 0.2) is 12.0 Å². The fraction of sp³-hybridized carbons (Fsp3) is 0. The van der Waals surface area contributed by atoms with Crippen LogP contribution in [0, 0.1) is 0 Å². The van der Waals surface area contributed by atoms with E-state index in [2.05, 4.69) is 30.6 Å². The van der Waals surface area contributed by atoms with Crippen LogP contribution in [-0.2, 0) is 0 Å². The molecule has 0 radical (unpaired) electrons. The lowest BCUT2D eigenvalue weighted by atomic mass is 10.1. The average Bonchev–Trinajstić information content (AvgIpc) is 3.49. The summed E-state index contributed by atoms with van der Waals surface area (Å²) in [7, 11) is 0. The molecule has 0 aliphatic rings. The molecular formula is C19H15N8OS+. The van der Waals surface area contributed by atoms with Crippen molar-refractivity contribution in [1.82, 2.24) is 25.3 Å². The quantitative estimate of drug-likeness (QED) is 0.343. The molecule has 0 aliphatic carbocycles. The van der Waals surface area contributed by atoms with Crippen molar-refractivity contribution in [2.75, 3.05) is 11.1 Å². The maximum Gasteiger partial charge on any atom is 0.355 e. The smallest absolute Gasteiger partial charge is 0.355 e. The summed E-state index contributed by atoms with van der Waals surface area (Å²) in [5.41, 5.74) is 10.7. The molecule has 5 aromatic rings. The third-order valence-electron chi connectivity index (χ3n) is 4.45. The third-order valence-corrected chi connectivity index (χ3v) is 5.38. The Morgan fingerprint density at radius 2 is 2.10 bits per heavy atom. The summed E-state index contributed by atoms with van der Waals surface area (Å²) in [5.74, 6) is 0.0953. The highest BCUT2D eigenvalue weighted by atomic mass is 32.1. The standard InChI is InChI=1S/C19H14N8OS/c20-15-2-1-3-21-17(15)26-19(28)16-4-11(10-29-16)14-8-25-27-9-13(5-22-18(14)27)12-6-23-24-7-12/h1-10H,20H2,(H2,21,23,24,26,28)/p+1. The number of hydrogen-bond acceptors (Lipinski definition) is 6. The molecule has 9 nitrogen and oxygen atoms in total. The Kier molecular flexibility index (Phi) is 4.03. The Hall–Kier alpha value is -4.05. The molecule has 0 aliphatic heterocycles. The summed E-state index contributed by atoms with van der Waals surface area (Å²) >= 11 is 1.35. The normalized spacial score (nSPS) is 11.0. The van der Waals surface area contributed by atoms with E-state index in [0.29, 0.717) is 16.4 Å². The number of carbonyl (C=O) groups is 1. The highest BCUT2D eigenvalue weighted by Gasteiger charge is 2.19. The van der Waals surface area contributed by atoms with Gasteiger partial charge in [-0.25, -0.2) is 10.1 Å². The van der Waals surface area contributed by atoms with E-state index in [4.69, 9.17) is 5.73 Å². The Morgan fingerprint density at radius 3 is 2.93 bits per heavy atom. The highest BCUT2D eigenvalue weighted by Crippen LogP contribution is 2.28. The highest BCUT2D eigenvalue weighted by molar-refractivity contribution is 7.12. The third kappa shape index (κ3) is 3.11. The number of carbonyl (C=O) groups excluding carboxylic acids is 1. The predicted molar refractivity (Wildman–Crippen MR) is 109 cm³/mol. The molecule has 5 rings (SSSR count). The Balaban J connectivity index is 1.43. The number of aromatic amines is 2. The van der Waals surface area contributed by atoms with Gasteiger partial charge in [0.2, 0.25) is 0 Å². The summed E-state index contributed by atoms with van der Waals surface area (Å²) in [5, 5.41) is 14.6. The Labute approximate surface area is 168 Å². The van der Waals surface area contributed by atoms with Crippen molar-refractivity contribution in [3.63, 3.8) is 0 Å². The van der Waals surface area contributed by atoms with Gasteiger partial charge in [0.05, 0.1) is 34.1 Å². The molecule has 0 unspecified atom stereocenters. The van der Waals surface area contributed by atoms with Crippen molar-refractivity contribution >= 4 is 34.4 Å². The van der Waals surface area contributed by atoms with Crippen LogP contribution < -0.4 is 15.6 Å². The summed E-state index contributed by atoms with van der Waals surface area (Å²) < 4.78 is 1.84. The van der Waals surface area contributed by atoms with E-state index in [1.165, 1.54) is 11.3 Å². The molecule has 5 aromatic heterocycles. The van der Waals surface area contributed by atoms with E-state index >= 15 is 0 Å². The monoisotopic (exact) mass is 403 g/mol. The van der Waals surface area contributed by atoms with Crippen LogP contribution in [0.1, 0.15) is 9.67 Å². The number of fused-ring (bicyclic) bond motifs is 1. The van der Waals surface area contributed by atoms with E-state index in [9.17, 15) is 4.79 Å². The van der Waals surface area contributed by atoms with Gasteiger partial charge >= 0.3 is 5.65 Å². The molecule has 0 fully saturated rings. The van der Waals surface area contributed by atoms with E-state index < -0.39 is 0 Å². The molecule has 29 heavy (non-hydrogen) atoms. The molecule has 0 aromatic carbocycles. The zero-order valence-corrected chi connectivity index (χ0v) is 15.8. The molecule has 0 saturated heterocycles. The number of nitrogens with zero attached hydrogens (tertiary/aromatic N) is 4. The van der Waals surface area contributed by atoms with Crippen LogP contribution in [0.4, 0.5) is 11.5 Å². The molecular weight excluding hydrogens is 388 g/mol. The molecule has 5 heterocycles. The van der Waals surface area contributed by atoms with Crippen LogP contribution in [0.25, 0.3) is 27.9 Å². The van der Waals surface area contributed by atoms with Crippen molar-refractivity contribution in [2.45, 2.75) is 0 Å². The van der Waals surface area contributed by atoms with Gasteiger partial charge in [-0.15, -0.1) is 15.9 Å². The number of thiophene rings is 1. The van der Waals surface area contributed by atoms with Crippen molar-refractivity contribution in [2.24, 2.45) is 0 Å². The van der Waals surface area contributed by atoms with E-state index in [-0.39, 0.29) is 5.91 Å². The minimum Gasteiger partial charge on any atom is -0.396 e. The van der Waals surface area contributed by atoms with Crippen molar-refractivity contribution in [3.8, 4) is 22.3 Å². The van der Waals surface area contributed by atoms with Gasteiger partial charge in [0.25, 0.3) is 5.91 Å². The first-order valence-corrected chi connectivity index (χ1v) is 9.56. The molecule has 0 atom stereocenters. The van der Waals surface area contributed by atoms with Gasteiger partial charge in [0, 0.05) is 23.5 Å². The minimum atomic E-state index is -0.255. The maximum atomic E-state index is 12.6. The number of H-pyrrole nitrogens is 2. The number of pyridine rings is 1. The van der Waals surface area contributed by atoms with Gasteiger partial charge in [-0.2, -0.15) is 5.10 Å². The lowest BCUT2D eigenvalue weighted by Gasteiger charge is -2.04. The molecule has 1 amide bonds. The predicted octanol–water partition coefficient (Wildman–Crippen LogP) is 2.50. The van der Waals surface area contributed by atoms with Gasteiger partial charge in [-0.3, -0.25) is 9.89 Å². The second-order valence-corrected chi connectivity index (χ2v) is 7.22. The first-order chi connectivity index (χ1) is 14.2. The largest absolute Gasteiger partial charge is 0.396 e. The second kappa shape index (κ2) is 6.84. The van der Waals surface area contributed by atoms with Crippen LogP contribution in [0.15, 0.2) is 60.8 Å². The SMILES string of the molecule is Nc1cccnc1NC(=O)c1cc(-c2c[nH][n+]3cc(-c4cn[nH]c4)cnc23)cs1. The van der Waals surface area contributed by atoms with Crippen molar-refractivity contribution in [3.05, 3.63) is 65.6 Å². The van der Waals surface area contributed by atoms with Crippen LogP contribution >= 0.6 is 11.3 Å². The average molecular weight is 403 g/mol. The fourth-order valence-corrected chi connectivity index (χ4v) is 3.78. The summed E-state index contributed by atoms with van der Waals surface area (Å²) in [4.78, 5) is 21.8. The van der Waals surface area contributed by atoms with Gasteiger partial charge in [-0.05, 0) is 28.6 Å². The van der Waals surface area contributed by atoms with Crippen LogP contribution in [-0.4, -0.2) is 31.2 Å². The number of amides is 1. The number of hydrogen-bond donors (Lipinski definition) is 4. The number of rotatable bonds is 4. The number of nitrogens with two attached hydrogens (primary N) is 1. The zero-order valence-electron chi connectivity index (χ0n) is 15.0. The molecule has 10 heteroatoms. The number of aromatic nitrogens is 6. The zero-order chi connectivity index (χ0) is 19.8. The lowest BCUT2D eigenvalue weighted by Crippen LogP contribution is -2.23. The van der Waals surface area contributed by atoms with E-state index in [0.717, 1.165) is 27.9 Å². The first kappa shape index (κ1) is 17.1. The lowest BCUT2D eigenvalue weighted by molar-refractivity contribution is -0.578. The Bertz CT molecular complexity index is 1320.